The molecule has 2 saturated heterocycles. The second-order valence-corrected chi connectivity index (χ2v) is 7.29. The molecular weight excluding hydrogens is 330 g/mol. The minimum atomic E-state index is 0.0233. The zero-order valence-electron chi connectivity index (χ0n) is 16.2. The van der Waals surface area contributed by atoms with Gasteiger partial charge in [0.1, 0.15) is 11.5 Å². The number of amides is 1. The van der Waals surface area contributed by atoms with E-state index < -0.39 is 0 Å². The molecule has 1 aromatic rings. The lowest BCUT2D eigenvalue weighted by Gasteiger charge is -2.40. The third-order valence-electron chi connectivity index (χ3n) is 5.69. The Bertz CT molecular complexity index is 614. The molecule has 1 atom stereocenters. The molecule has 1 amide bonds. The number of rotatable bonds is 5. The molecule has 0 bridgehead atoms. The van der Waals surface area contributed by atoms with E-state index >= 15 is 0 Å². The molecule has 3 rings (SSSR count). The van der Waals surface area contributed by atoms with Gasteiger partial charge in [0, 0.05) is 38.8 Å². The maximum atomic E-state index is 13.0. The molecule has 0 N–H and O–H groups in total. The number of carbonyl (C=O) groups is 1. The van der Waals surface area contributed by atoms with Crippen LogP contribution >= 0.6 is 0 Å². The van der Waals surface area contributed by atoms with E-state index in [1.165, 1.54) is 25.8 Å². The van der Waals surface area contributed by atoms with Gasteiger partial charge in [-0.3, -0.25) is 9.69 Å². The fourth-order valence-electron chi connectivity index (χ4n) is 3.96. The Morgan fingerprint density at radius 3 is 2.50 bits per heavy atom. The van der Waals surface area contributed by atoms with E-state index in [4.69, 9.17) is 9.47 Å². The Labute approximate surface area is 156 Å². The third kappa shape index (κ3) is 4.30. The van der Waals surface area contributed by atoms with E-state index in [1.54, 1.807) is 26.4 Å². The Balaban J connectivity index is 1.58. The van der Waals surface area contributed by atoms with E-state index in [-0.39, 0.29) is 5.91 Å². The summed E-state index contributed by atoms with van der Waals surface area (Å²) in [7, 11) is 5.44. The lowest BCUT2D eigenvalue weighted by atomic mass is 10.0. The van der Waals surface area contributed by atoms with Gasteiger partial charge in [0.05, 0.1) is 19.8 Å². The zero-order chi connectivity index (χ0) is 18.5. The summed E-state index contributed by atoms with van der Waals surface area (Å²) in [6.45, 7) is 5.70. The summed E-state index contributed by atoms with van der Waals surface area (Å²) in [6.07, 6.45) is 3.94. The smallest absolute Gasteiger partial charge is 0.257 e. The molecule has 0 aromatic heterocycles. The lowest BCUT2D eigenvalue weighted by molar-refractivity contribution is 0.0562. The molecule has 0 spiro atoms. The highest BCUT2D eigenvalue weighted by Gasteiger charge is 2.27. The standard InChI is InChI=1S/C20H31N3O3/c1-21-9-5-4-6-16(21)15-22-10-12-23(13-11-22)20(24)18-14-17(25-2)7-8-19(18)26-3/h7-8,14,16H,4-6,9-13,15H2,1-3H3/t16-/m1/s1. The summed E-state index contributed by atoms with van der Waals surface area (Å²) < 4.78 is 10.6. The quantitative estimate of drug-likeness (QED) is 0.802. The third-order valence-corrected chi connectivity index (χ3v) is 5.69. The van der Waals surface area contributed by atoms with E-state index in [2.05, 4.69) is 16.8 Å². The Hall–Kier alpha value is -1.79. The van der Waals surface area contributed by atoms with Gasteiger partial charge in [0.25, 0.3) is 5.91 Å². The van der Waals surface area contributed by atoms with E-state index in [0.717, 1.165) is 32.7 Å². The molecule has 0 aliphatic carbocycles. The summed E-state index contributed by atoms with van der Waals surface area (Å²) in [6, 6.07) is 6.03. The van der Waals surface area contributed by atoms with Crippen LogP contribution in [0.4, 0.5) is 0 Å². The van der Waals surface area contributed by atoms with Crippen LogP contribution in [0.3, 0.4) is 0 Å². The van der Waals surface area contributed by atoms with Crippen molar-refractivity contribution in [3.8, 4) is 11.5 Å². The van der Waals surface area contributed by atoms with Crippen molar-refractivity contribution in [1.82, 2.24) is 14.7 Å². The largest absolute Gasteiger partial charge is 0.497 e. The van der Waals surface area contributed by atoms with Crippen molar-refractivity contribution in [2.75, 3.05) is 60.5 Å². The van der Waals surface area contributed by atoms with Crippen LogP contribution in [0, 0.1) is 0 Å². The first-order valence-corrected chi connectivity index (χ1v) is 9.56. The average molecular weight is 361 g/mol. The molecule has 2 aliphatic heterocycles. The molecule has 0 unspecified atom stereocenters. The van der Waals surface area contributed by atoms with Crippen LogP contribution in [0.1, 0.15) is 29.6 Å². The highest BCUT2D eigenvalue weighted by atomic mass is 16.5. The fourth-order valence-corrected chi connectivity index (χ4v) is 3.96. The summed E-state index contributed by atoms with van der Waals surface area (Å²) in [5.74, 6) is 1.30. The van der Waals surface area contributed by atoms with Crippen LogP contribution in [-0.4, -0.2) is 87.2 Å². The van der Waals surface area contributed by atoms with Crippen molar-refractivity contribution >= 4 is 5.91 Å². The SMILES string of the molecule is COc1ccc(OC)c(C(=O)N2CCN(C[C@H]3CCCCN3C)CC2)c1. The highest BCUT2D eigenvalue weighted by Crippen LogP contribution is 2.26. The van der Waals surface area contributed by atoms with Gasteiger partial charge in [0.2, 0.25) is 0 Å². The van der Waals surface area contributed by atoms with Gasteiger partial charge in [-0.05, 0) is 44.6 Å². The van der Waals surface area contributed by atoms with Gasteiger partial charge < -0.3 is 19.3 Å². The van der Waals surface area contributed by atoms with Crippen molar-refractivity contribution < 1.29 is 14.3 Å². The van der Waals surface area contributed by atoms with Gasteiger partial charge in [-0.25, -0.2) is 0 Å². The number of likely N-dealkylation sites (tertiary alicyclic amines) is 1. The summed E-state index contributed by atoms with van der Waals surface area (Å²) in [5, 5.41) is 0. The topological polar surface area (TPSA) is 45.3 Å². The molecule has 144 valence electrons. The number of ether oxygens (including phenoxy) is 2. The fraction of sp³-hybridized carbons (Fsp3) is 0.650. The summed E-state index contributed by atoms with van der Waals surface area (Å²) in [4.78, 5) is 19.9. The minimum Gasteiger partial charge on any atom is -0.497 e. The van der Waals surface area contributed by atoms with Gasteiger partial charge in [-0.15, -0.1) is 0 Å². The molecule has 1 aromatic carbocycles. The second-order valence-electron chi connectivity index (χ2n) is 7.29. The number of piperidine rings is 1. The molecule has 2 aliphatic rings. The summed E-state index contributed by atoms with van der Waals surface area (Å²) in [5.41, 5.74) is 0.576. The van der Waals surface area contributed by atoms with E-state index in [1.807, 2.05) is 11.0 Å². The maximum Gasteiger partial charge on any atom is 0.257 e. The zero-order valence-corrected chi connectivity index (χ0v) is 16.2. The Morgan fingerprint density at radius 2 is 1.85 bits per heavy atom. The molecular formula is C20H31N3O3. The molecule has 6 heteroatoms. The molecule has 2 fully saturated rings. The van der Waals surface area contributed by atoms with Crippen molar-refractivity contribution in [2.24, 2.45) is 0 Å². The van der Waals surface area contributed by atoms with Crippen LogP contribution < -0.4 is 9.47 Å². The number of piperazine rings is 1. The predicted octanol–water partition coefficient (Wildman–Crippen LogP) is 1.95. The number of nitrogens with zero attached hydrogens (tertiary/aromatic N) is 3. The van der Waals surface area contributed by atoms with Crippen molar-refractivity contribution in [2.45, 2.75) is 25.3 Å². The maximum absolute atomic E-state index is 13.0. The minimum absolute atomic E-state index is 0.0233. The number of hydrogen-bond acceptors (Lipinski definition) is 5. The number of benzene rings is 1. The first-order chi connectivity index (χ1) is 12.6. The van der Waals surface area contributed by atoms with Gasteiger partial charge in [-0.2, -0.15) is 0 Å². The lowest BCUT2D eigenvalue weighted by Crippen LogP contribution is -2.53. The van der Waals surface area contributed by atoms with Gasteiger partial charge in [-0.1, -0.05) is 6.42 Å². The first kappa shape index (κ1) is 19.0. The normalized spacial score (nSPS) is 22.3. The first-order valence-electron chi connectivity index (χ1n) is 9.56. The number of carbonyl (C=O) groups excluding carboxylic acids is 1. The van der Waals surface area contributed by atoms with Crippen LogP contribution in [0.15, 0.2) is 18.2 Å². The van der Waals surface area contributed by atoms with E-state index in [9.17, 15) is 4.79 Å². The monoisotopic (exact) mass is 361 g/mol. The Morgan fingerprint density at radius 1 is 1.08 bits per heavy atom. The van der Waals surface area contributed by atoms with Crippen molar-refractivity contribution in [3.05, 3.63) is 23.8 Å². The average Bonchev–Trinajstić information content (AvgIpc) is 2.69. The van der Waals surface area contributed by atoms with E-state index in [0.29, 0.717) is 23.1 Å². The Kier molecular flexibility index (Phi) is 6.38. The number of likely N-dealkylation sites (N-methyl/N-ethyl adjacent to an activating group) is 1. The molecule has 26 heavy (non-hydrogen) atoms. The van der Waals surface area contributed by atoms with Crippen molar-refractivity contribution in [3.63, 3.8) is 0 Å². The number of methoxy groups -OCH3 is 2. The molecule has 0 radical (unpaired) electrons. The number of hydrogen-bond donors (Lipinski definition) is 0. The second kappa shape index (κ2) is 8.73. The molecule has 2 heterocycles. The predicted molar refractivity (Wildman–Crippen MR) is 102 cm³/mol. The van der Waals surface area contributed by atoms with Gasteiger partial charge in [0.15, 0.2) is 0 Å². The van der Waals surface area contributed by atoms with Crippen LogP contribution in [0.25, 0.3) is 0 Å². The molecule has 0 saturated carbocycles. The van der Waals surface area contributed by atoms with Gasteiger partial charge >= 0.3 is 0 Å². The van der Waals surface area contributed by atoms with Crippen LogP contribution in [0.5, 0.6) is 11.5 Å². The summed E-state index contributed by atoms with van der Waals surface area (Å²) >= 11 is 0. The van der Waals surface area contributed by atoms with Crippen molar-refractivity contribution in [1.29, 1.82) is 0 Å². The van der Waals surface area contributed by atoms with Crippen LogP contribution in [-0.2, 0) is 0 Å². The highest BCUT2D eigenvalue weighted by molar-refractivity contribution is 5.97. The molecule has 6 nitrogen and oxygen atoms in total. The van der Waals surface area contributed by atoms with Crippen LogP contribution in [0.2, 0.25) is 0 Å².